The van der Waals surface area contributed by atoms with E-state index in [4.69, 9.17) is 10.9 Å². The first kappa shape index (κ1) is 11.8. The Labute approximate surface area is 102 Å². The van der Waals surface area contributed by atoms with Crippen LogP contribution in [0, 0.1) is 0 Å². The zero-order chi connectivity index (χ0) is 12.3. The molecule has 17 heavy (non-hydrogen) atoms. The summed E-state index contributed by atoms with van der Waals surface area (Å²) >= 11 is 1.08. The quantitative estimate of drug-likeness (QED) is 0.340. The maximum Gasteiger partial charge on any atom is 0.267 e. The molecule has 0 bridgehead atoms. The van der Waals surface area contributed by atoms with Crippen LogP contribution in [0.3, 0.4) is 0 Å². The van der Waals surface area contributed by atoms with Crippen LogP contribution in [0.2, 0.25) is 0 Å². The van der Waals surface area contributed by atoms with E-state index >= 15 is 0 Å². The smallest absolute Gasteiger partial charge is 0.267 e. The lowest BCUT2D eigenvalue weighted by Crippen LogP contribution is -2.35. The van der Waals surface area contributed by atoms with Gasteiger partial charge in [0.05, 0.1) is 6.20 Å². The molecule has 92 valence electrons. The van der Waals surface area contributed by atoms with Crippen LogP contribution in [0.25, 0.3) is 0 Å². The number of amidine groups is 1. The number of nitrogens with zero attached hydrogens (tertiary/aromatic N) is 4. The fourth-order valence-corrected chi connectivity index (χ4v) is 2.00. The van der Waals surface area contributed by atoms with Gasteiger partial charge in [0.15, 0.2) is 0 Å². The number of carbonyl (C=O) groups is 1. The van der Waals surface area contributed by atoms with E-state index < -0.39 is 0 Å². The Balaban J connectivity index is 2.00. The lowest BCUT2D eigenvalue weighted by molar-refractivity contribution is 0.0752. The third kappa shape index (κ3) is 2.90. The molecule has 0 unspecified atom stereocenters. The molecule has 0 aliphatic heterocycles. The molecular formula is C9H13N5O2S. The first-order chi connectivity index (χ1) is 8.22. The monoisotopic (exact) mass is 255 g/mol. The molecule has 0 aromatic carbocycles. The number of hydrogen-bond acceptors (Lipinski definition) is 6. The summed E-state index contributed by atoms with van der Waals surface area (Å²) in [6, 6.07) is 0.274. The van der Waals surface area contributed by atoms with Crippen molar-refractivity contribution < 1.29 is 10.0 Å². The average Bonchev–Trinajstić information content (AvgIpc) is 3.02. The molecule has 1 amide bonds. The molecule has 1 aromatic rings. The largest absolute Gasteiger partial charge is 0.409 e. The molecule has 0 saturated heterocycles. The zero-order valence-corrected chi connectivity index (χ0v) is 9.93. The van der Waals surface area contributed by atoms with Gasteiger partial charge in [-0.15, -0.1) is 5.10 Å². The minimum Gasteiger partial charge on any atom is -0.409 e. The summed E-state index contributed by atoms with van der Waals surface area (Å²) in [4.78, 5) is 14.4. The summed E-state index contributed by atoms with van der Waals surface area (Å²) < 4.78 is 3.67. The van der Waals surface area contributed by atoms with E-state index in [0.29, 0.717) is 17.8 Å². The van der Waals surface area contributed by atoms with E-state index in [1.807, 2.05) is 0 Å². The highest BCUT2D eigenvalue weighted by atomic mass is 32.1. The van der Waals surface area contributed by atoms with E-state index in [1.54, 1.807) is 4.90 Å². The molecule has 2 rings (SSSR count). The van der Waals surface area contributed by atoms with E-state index in [9.17, 15) is 4.79 Å². The number of amides is 1. The number of hydrogen-bond donors (Lipinski definition) is 2. The number of carbonyl (C=O) groups excluding carboxylic acids is 1. The van der Waals surface area contributed by atoms with Crippen molar-refractivity contribution in [3.05, 3.63) is 11.1 Å². The fourth-order valence-electron chi connectivity index (χ4n) is 1.52. The van der Waals surface area contributed by atoms with Gasteiger partial charge in [0, 0.05) is 19.0 Å². The predicted octanol–water partition coefficient (Wildman–Crippen LogP) is 0.279. The first-order valence-electron chi connectivity index (χ1n) is 5.27. The van der Waals surface area contributed by atoms with Gasteiger partial charge in [0.2, 0.25) is 0 Å². The van der Waals surface area contributed by atoms with Crippen LogP contribution in [0.1, 0.15) is 28.9 Å². The van der Waals surface area contributed by atoms with Crippen LogP contribution >= 0.6 is 11.5 Å². The number of nitrogens with two attached hydrogens (primary N) is 1. The van der Waals surface area contributed by atoms with Gasteiger partial charge in [-0.05, 0) is 24.4 Å². The summed E-state index contributed by atoms with van der Waals surface area (Å²) in [6.45, 7) is 0.456. The lowest BCUT2D eigenvalue weighted by atomic mass is 10.3. The lowest BCUT2D eigenvalue weighted by Gasteiger charge is -2.20. The molecule has 1 aromatic heterocycles. The van der Waals surface area contributed by atoms with Gasteiger partial charge >= 0.3 is 0 Å². The van der Waals surface area contributed by atoms with Gasteiger partial charge in [-0.2, -0.15) is 0 Å². The number of aromatic nitrogens is 2. The van der Waals surface area contributed by atoms with Crippen LogP contribution in [-0.4, -0.2) is 44.0 Å². The van der Waals surface area contributed by atoms with Crippen molar-refractivity contribution in [2.24, 2.45) is 10.9 Å². The summed E-state index contributed by atoms with van der Waals surface area (Å²) in [5.41, 5.74) is 5.40. The van der Waals surface area contributed by atoms with Crippen LogP contribution < -0.4 is 5.73 Å². The fraction of sp³-hybridized carbons (Fsp3) is 0.556. The highest BCUT2D eigenvalue weighted by Crippen LogP contribution is 2.28. The normalized spacial score (nSPS) is 15.9. The molecule has 1 aliphatic carbocycles. The van der Waals surface area contributed by atoms with Crippen molar-refractivity contribution in [3.8, 4) is 0 Å². The number of oxime groups is 1. The van der Waals surface area contributed by atoms with Crippen molar-refractivity contribution >= 4 is 23.3 Å². The van der Waals surface area contributed by atoms with Crippen LogP contribution in [-0.2, 0) is 0 Å². The molecule has 7 nitrogen and oxygen atoms in total. The molecule has 0 atom stereocenters. The van der Waals surface area contributed by atoms with E-state index in [1.165, 1.54) is 6.20 Å². The summed E-state index contributed by atoms with van der Waals surface area (Å²) in [5, 5.41) is 15.0. The molecule has 8 heteroatoms. The Morgan fingerprint density at radius 1 is 1.71 bits per heavy atom. The second-order valence-corrected chi connectivity index (χ2v) is 4.64. The second-order valence-electron chi connectivity index (χ2n) is 3.85. The topological polar surface area (TPSA) is 105 Å². The van der Waals surface area contributed by atoms with E-state index in [-0.39, 0.29) is 17.8 Å². The highest BCUT2D eigenvalue weighted by molar-refractivity contribution is 7.07. The Morgan fingerprint density at radius 2 is 2.47 bits per heavy atom. The third-order valence-corrected chi connectivity index (χ3v) is 3.21. The standard InChI is InChI=1S/C9H13N5O2S/c10-8(12-16)3-4-14(6-1-2-6)9(15)7-5-11-13-17-7/h5-6,16H,1-4H2,(H2,10,12). The van der Waals surface area contributed by atoms with Gasteiger partial charge in [-0.25, -0.2) is 0 Å². The molecule has 1 saturated carbocycles. The molecule has 0 spiro atoms. The van der Waals surface area contributed by atoms with Crippen LogP contribution in [0.4, 0.5) is 0 Å². The summed E-state index contributed by atoms with van der Waals surface area (Å²) in [5.74, 6) is 0.0547. The van der Waals surface area contributed by atoms with Crippen molar-refractivity contribution in [2.75, 3.05) is 6.54 Å². The Hall–Kier alpha value is -1.70. The highest BCUT2D eigenvalue weighted by Gasteiger charge is 2.33. The Kier molecular flexibility index (Phi) is 3.52. The minimum atomic E-state index is -0.0757. The molecule has 1 aliphatic rings. The second kappa shape index (κ2) is 5.09. The van der Waals surface area contributed by atoms with Crippen molar-refractivity contribution in [1.82, 2.24) is 14.5 Å². The predicted molar refractivity (Wildman–Crippen MR) is 62.0 cm³/mol. The van der Waals surface area contributed by atoms with Gasteiger partial charge in [-0.1, -0.05) is 9.64 Å². The minimum absolute atomic E-state index is 0.0757. The average molecular weight is 255 g/mol. The molecule has 3 N–H and O–H groups in total. The summed E-state index contributed by atoms with van der Waals surface area (Å²) in [7, 11) is 0. The SMILES string of the molecule is NC(CCN(C(=O)c1cnns1)C1CC1)=NO. The van der Waals surface area contributed by atoms with Crippen molar-refractivity contribution in [2.45, 2.75) is 25.3 Å². The zero-order valence-electron chi connectivity index (χ0n) is 9.11. The Bertz CT molecular complexity index is 415. The van der Waals surface area contributed by atoms with Gasteiger partial charge < -0.3 is 15.8 Å². The molecule has 1 heterocycles. The summed E-state index contributed by atoms with van der Waals surface area (Å²) in [6.07, 6.45) is 3.85. The third-order valence-electron chi connectivity index (χ3n) is 2.56. The van der Waals surface area contributed by atoms with Crippen molar-refractivity contribution in [1.29, 1.82) is 0 Å². The molecular weight excluding hydrogens is 242 g/mol. The van der Waals surface area contributed by atoms with Gasteiger partial charge in [-0.3, -0.25) is 4.79 Å². The first-order valence-corrected chi connectivity index (χ1v) is 6.04. The van der Waals surface area contributed by atoms with E-state index in [2.05, 4.69) is 14.7 Å². The van der Waals surface area contributed by atoms with Gasteiger partial charge in [0.25, 0.3) is 5.91 Å². The van der Waals surface area contributed by atoms with Gasteiger partial charge in [0.1, 0.15) is 10.7 Å². The van der Waals surface area contributed by atoms with Crippen LogP contribution in [0.15, 0.2) is 11.4 Å². The van der Waals surface area contributed by atoms with E-state index in [0.717, 1.165) is 24.4 Å². The maximum absolute atomic E-state index is 12.1. The molecule has 0 radical (unpaired) electrons. The number of rotatable bonds is 5. The van der Waals surface area contributed by atoms with Crippen LogP contribution in [0.5, 0.6) is 0 Å². The molecule has 1 fully saturated rings. The van der Waals surface area contributed by atoms with Crippen molar-refractivity contribution in [3.63, 3.8) is 0 Å². The maximum atomic E-state index is 12.1. The Morgan fingerprint density at radius 3 is 3.00 bits per heavy atom.